The second kappa shape index (κ2) is 8.32. The van der Waals surface area contributed by atoms with Crippen LogP contribution in [0.3, 0.4) is 0 Å². The zero-order chi connectivity index (χ0) is 15.9. The molecule has 1 saturated heterocycles. The molecule has 0 bridgehead atoms. The quantitative estimate of drug-likeness (QED) is 0.744. The van der Waals surface area contributed by atoms with Crippen LogP contribution in [0.15, 0.2) is 30.3 Å². The van der Waals surface area contributed by atoms with Crippen molar-refractivity contribution in [2.45, 2.75) is 38.8 Å². The van der Waals surface area contributed by atoms with Gasteiger partial charge >= 0.3 is 6.09 Å². The molecule has 1 fully saturated rings. The van der Waals surface area contributed by atoms with Crippen LogP contribution in [0.4, 0.5) is 4.79 Å². The Balaban J connectivity index is 1.98. The number of carbonyl (C=O) groups excluding carboxylic acids is 2. The Hall–Kier alpha value is -1.36. The van der Waals surface area contributed by atoms with E-state index in [1.165, 1.54) is 0 Å². The number of Topliss-reactive ketones (excluding diaryl/α,β-unsaturated/α-hetero) is 1. The van der Waals surface area contributed by atoms with Gasteiger partial charge in [-0.15, -0.1) is 0 Å². The Morgan fingerprint density at radius 3 is 2.68 bits per heavy atom. The van der Waals surface area contributed by atoms with E-state index in [-0.39, 0.29) is 23.8 Å². The summed E-state index contributed by atoms with van der Waals surface area (Å²) in [6, 6.07) is 9.21. The first-order valence-corrected chi connectivity index (χ1v) is 8.83. The number of amides is 1. The molecule has 0 aliphatic carbocycles. The van der Waals surface area contributed by atoms with E-state index in [0.29, 0.717) is 12.5 Å². The lowest BCUT2D eigenvalue weighted by atomic mass is 9.87. The Labute approximate surface area is 140 Å². The number of ketones is 1. The average molecular weight is 368 g/mol. The SMILES string of the molecule is CCC1CCN(C(=O)OCc2ccccc2)C(C(=O)CBr)C1. The Morgan fingerprint density at radius 1 is 1.32 bits per heavy atom. The largest absolute Gasteiger partial charge is 0.445 e. The van der Waals surface area contributed by atoms with Crippen LogP contribution in [0.25, 0.3) is 0 Å². The van der Waals surface area contributed by atoms with E-state index in [9.17, 15) is 9.59 Å². The Kier molecular flexibility index (Phi) is 6.43. The van der Waals surface area contributed by atoms with Crippen LogP contribution in [-0.4, -0.2) is 34.7 Å². The second-order valence-corrected chi connectivity index (χ2v) is 6.21. The highest BCUT2D eigenvalue weighted by Gasteiger charge is 2.35. The summed E-state index contributed by atoms with van der Waals surface area (Å²) in [6.45, 7) is 2.96. The van der Waals surface area contributed by atoms with E-state index < -0.39 is 6.09 Å². The molecular formula is C17H22BrNO3. The average Bonchev–Trinajstić information content (AvgIpc) is 2.59. The third-order valence-corrected chi connectivity index (χ3v) is 4.78. The Bertz CT molecular complexity index is 506. The molecular weight excluding hydrogens is 346 g/mol. The van der Waals surface area contributed by atoms with Crippen molar-refractivity contribution in [3.8, 4) is 0 Å². The fourth-order valence-corrected chi connectivity index (χ4v) is 3.20. The van der Waals surface area contributed by atoms with Crippen LogP contribution < -0.4 is 0 Å². The van der Waals surface area contributed by atoms with Crippen molar-refractivity contribution in [3.05, 3.63) is 35.9 Å². The number of carbonyl (C=O) groups is 2. The van der Waals surface area contributed by atoms with Gasteiger partial charge in [-0.1, -0.05) is 59.6 Å². The molecule has 1 amide bonds. The first kappa shape index (κ1) is 17.0. The fourth-order valence-electron chi connectivity index (χ4n) is 2.82. The molecule has 4 nitrogen and oxygen atoms in total. The molecule has 5 heteroatoms. The molecule has 1 aromatic carbocycles. The topological polar surface area (TPSA) is 46.6 Å². The zero-order valence-corrected chi connectivity index (χ0v) is 14.4. The van der Waals surface area contributed by atoms with Gasteiger partial charge in [0.25, 0.3) is 0 Å². The van der Waals surface area contributed by atoms with E-state index in [2.05, 4.69) is 22.9 Å². The summed E-state index contributed by atoms with van der Waals surface area (Å²) >= 11 is 3.22. The molecule has 1 aliphatic rings. The van der Waals surface area contributed by atoms with Gasteiger partial charge in [-0.25, -0.2) is 4.79 Å². The van der Waals surface area contributed by atoms with E-state index in [4.69, 9.17) is 4.74 Å². The van der Waals surface area contributed by atoms with Gasteiger partial charge in [-0.2, -0.15) is 0 Å². The molecule has 22 heavy (non-hydrogen) atoms. The molecule has 2 unspecified atom stereocenters. The first-order valence-electron chi connectivity index (χ1n) is 7.71. The minimum Gasteiger partial charge on any atom is -0.445 e. The van der Waals surface area contributed by atoms with Crippen molar-refractivity contribution in [2.75, 3.05) is 11.9 Å². The van der Waals surface area contributed by atoms with Crippen LogP contribution in [0.1, 0.15) is 31.7 Å². The van der Waals surface area contributed by atoms with Gasteiger partial charge < -0.3 is 4.74 Å². The molecule has 1 aromatic rings. The van der Waals surface area contributed by atoms with E-state index in [1.807, 2.05) is 30.3 Å². The van der Waals surface area contributed by atoms with Crippen LogP contribution in [0, 0.1) is 5.92 Å². The summed E-state index contributed by atoms with van der Waals surface area (Å²) in [5.74, 6) is 0.556. The summed E-state index contributed by atoms with van der Waals surface area (Å²) in [7, 11) is 0. The van der Waals surface area contributed by atoms with Gasteiger partial charge in [-0.05, 0) is 24.3 Å². The zero-order valence-electron chi connectivity index (χ0n) is 12.8. The number of piperidine rings is 1. The maximum atomic E-state index is 12.3. The van der Waals surface area contributed by atoms with Crippen LogP contribution >= 0.6 is 15.9 Å². The summed E-state index contributed by atoms with van der Waals surface area (Å²) in [5.41, 5.74) is 0.947. The minimum absolute atomic E-state index is 0.0508. The highest BCUT2D eigenvalue weighted by atomic mass is 79.9. The number of halogens is 1. The van der Waals surface area contributed by atoms with Gasteiger partial charge in [-0.3, -0.25) is 9.69 Å². The predicted octanol–water partition coefficient (Wildman–Crippen LogP) is 3.78. The summed E-state index contributed by atoms with van der Waals surface area (Å²) in [4.78, 5) is 26.1. The highest BCUT2D eigenvalue weighted by molar-refractivity contribution is 9.09. The van der Waals surface area contributed by atoms with E-state index in [1.54, 1.807) is 4.90 Å². The van der Waals surface area contributed by atoms with Crippen molar-refractivity contribution in [3.63, 3.8) is 0 Å². The monoisotopic (exact) mass is 367 g/mol. The number of rotatable bonds is 5. The van der Waals surface area contributed by atoms with Crippen molar-refractivity contribution >= 4 is 27.8 Å². The van der Waals surface area contributed by atoms with Gasteiger partial charge in [0.15, 0.2) is 5.78 Å². The Morgan fingerprint density at radius 2 is 2.05 bits per heavy atom. The third kappa shape index (κ3) is 4.32. The van der Waals surface area contributed by atoms with Crippen molar-refractivity contribution in [1.82, 2.24) is 4.90 Å². The number of nitrogens with zero attached hydrogens (tertiary/aromatic N) is 1. The maximum absolute atomic E-state index is 12.3. The molecule has 1 aliphatic heterocycles. The van der Waals surface area contributed by atoms with Crippen molar-refractivity contribution in [2.24, 2.45) is 5.92 Å². The summed E-state index contributed by atoms with van der Waals surface area (Å²) in [6.07, 6.45) is 2.32. The molecule has 2 rings (SSSR count). The molecule has 1 heterocycles. The summed E-state index contributed by atoms with van der Waals surface area (Å²) < 4.78 is 5.38. The lowest BCUT2D eigenvalue weighted by Crippen LogP contribution is -2.50. The molecule has 0 radical (unpaired) electrons. The number of alkyl halides is 1. The van der Waals surface area contributed by atoms with Crippen LogP contribution in [-0.2, 0) is 16.1 Å². The molecule has 0 aromatic heterocycles. The maximum Gasteiger partial charge on any atom is 0.410 e. The third-order valence-electron chi connectivity index (χ3n) is 4.23. The minimum atomic E-state index is -0.391. The lowest BCUT2D eigenvalue weighted by Gasteiger charge is -2.37. The number of ether oxygens (including phenoxy) is 1. The summed E-state index contributed by atoms with van der Waals surface area (Å²) in [5, 5.41) is 0.274. The van der Waals surface area contributed by atoms with Crippen LogP contribution in [0.2, 0.25) is 0 Å². The molecule has 0 spiro atoms. The van der Waals surface area contributed by atoms with Crippen molar-refractivity contribution in [1.29, 1.82) is 0 Å². The van der Waals surface area contributed by atoms with Gasteiger partial charge in [0.05, 0.1) is 11.4 Å². The van der Waals surface area contributed by atoms with E-state index in [0.717, 1.165) is 24.8 Å². The normalized spacial score (nSPS) is 21.5. The molecule has 2 atom stereocenters. The predicted molar refractivity (Wildman–Crippen MR) is 88.9 cm³/mol. The highest BCUT2D eigenvalue weighted by Crippen LogP contribution is 2.27. The van der Waals surface area contributed by atoms with E-state index >= 15 is 0 Å². The number of hydrogen-bond acceptors (Lipinski definition) is 3. The van der Waals surface area contributed by atoms with Crippen LogP contribution in [0.5, 0.6) is 0 Å². The second-order valence-electron chi connectivity index (χ2n) is 5.65. The number of likely N-dealkylation sites (tertiary alicyclic amines) is 1. The van der Waals surface area contributed by atoms with Gasteiger partial charge in [0, 0.05) is 6.54 Å². The van der Waals surface area contributed by atoms with Crippen molar-refractivity contribution < 1.29 is 14.3 Å². The standard InChI is InChI=1S/C17H22BrNO3/c1-2-13-8-9-19(15(10-13)16(20)11-18)17(21)22-12-14-6-4-3-5-7-14/h3-7,13,15H,2,8-12H2,1H3. The molecule has 0 N–H and O–H groups in total. The lowest BCUT2D eigenvalue weighted by molar-refractivity contribution is -0.123. The fraction of sp³-hybridized carbons (Fsp3) is 0.529. The smallest absolute Gasteiger partial charge is 0.410 e. The number of hydrogen-bond donors (Lipinski definition) is 0. The molecule has 0 saturated carbocycles. The number of benzene rings is 1. The van der Waals surface area contributed by atoms with Gasteiger partial charge in [0.1, 0.15) is 6.61 Å². The molecule has 120 valence electrons. The first-order chi connectivity index (χ1) is 10.7. The van der Waals surface area contributed by atoms with Gasteiger partial charge in [0.2, 0.25) is 0 Å².